The van der Waals surface area contributed by atoms with Crippen LogP contribution in [0.15, 0.2) is 42.7 Å². The Hall–Kier alpha value is -2.93. The predicted octanol–water partition coefficient (Wildman–Crippen LogP) is 2.65. The summed E-state index contributed by atoms with van der Waals surface area (Å²) in [4.78, 5) is 42.5. The smallest absolute Gasteiger partial charge is 0.313 e. The van der Waals surface area contributed by atoms with Crippen molar-refractivity contribution in [3.63, 3.8) is 0 Å². The van der Waals surface area contributed by atoms with Crippen LogP contribution in [-0.4, -0.2) is 47.2 Å². The van der Waals surface area contributed by atoms with E-state index in [0.29, 0.717) is 35.9 Å². The first-order valence-electron chi connectivity index (χ1n) is 9.48. The molecule has 0 spiro atoms. The molecule has 0 bridgehead atoms. The fourth-order valence-electron chi connectivity index (χ4n) is 3.24. The van der Waals surface area contributed by atoms with E-state index in [1.807, 2.05) is 6.92 Å². The van der Waals surface area contributed by atoms with Crippen molar-refractivity contribution < 1.29 is 14.4 Å². The summed E-state index contributed by atoms with van der Waals surface area (Å²) >= 11 is 5.93. The molecule has 0 radical (unpaired) electrons. The number of halogens is 1. The molecule has 1 aliphatic heterocycles. The molecule has 1 aliphatic rings. The van der Waals surface area contributed by atoms with E-state index in [0.717, 1.165) is 18.4 Å². The van der Waals surface area contributed by atoms with Crippen molar-refractivity contribution in [2.45, 2.75) is 19.8 Å². The predicted molar refractivity (Wildman–Crippen MR) is 111 cm³/mol. The molecule has 8 heteroatoms. The number of aryl methyl sites for hydroxylation is 1. The molecule has 29 heavy (non-hydrogen) atoms. The summed E-state index contributed by atoms with van der Waals surface area (Å²) in [5.74, 6) is -1.22. The number of aromatic nitrogens is 1. The van der Waals surface area contributed by atoms with Gasteiger partial charge in [0.1, 0.15) is 0 Å². The van der Waals surface area contributed by atoms with E-state index in [2.05, 4.69) is 15.6 Å². The number of benzene rings is 1. The van der Waals surface area contributed by atoms with E-state index in [9.17, 15) is 14.4 Å². The average molecular weight is 415 g/mol. The van der Waals surface area contributed by atoms with Crippen molar-refractivity contribution in [3.8, 4) is 0 Å². The van der Waals surface area contributed by atoms with Gasteiger partial charge < -0.3 is 15.5 Å². The van der Waals surface area contributed by atoms with E-state index in [1.165, 1.54) is 0 Å². The molecule has 2 N–H and O–H groups in total. The van der Waals surface area contributed by atoms with Crippen LogP contribution in [0.25, 0.3) is 0 Å². The van der Waals surface area contributed by atoms with Crippen LogP contribution in [0.2, 0.25) is 5.02 Å². The number of amides is 3. The van der Waals surface area contributed by atoms with E-state index < -0.39 is 11.8 Å². The average Bonchev–Trinajstić information content (AvgIpc) is 2.75. The Labute approximate surface area is 174 Å². The molecule has 3 rings (SSSR count). The number of carbonyl (C=O) groups is 3. The quantitative estimate of drug-likeness (QED) is 0.752. The number of hydrogen-bond acceptors (Lipinski definition) is 4. The highest BCUT2D eigenvalue weighted by Crippen LogP contribution is 2.20. The highest BCUT2D eigenvalue weighted by molar-refractivity contribution is 6.40. The molecule has 2 heterocycles. The molecule has 152 valence electrons. The molecule has 1 aromatic heterocycles. The van der Waals surface area contributed by atoms with Gasteiger partial charge in [0.2, 0.25) is 0 Å². The number of hydrogen-bond donors (Lipinski definition) is 2. The molecule has 1 aromatic carbocycles. The first-order valence-corrected chi connectivity index (χ1v) is 9.86. The second-order valence-electron chi connectivity index (χ2n) is 7.10. The zero-order valence-electron chi connectivity index (χ0n) is 16.2. The molecular weight excluding hydrogens is 392 g/mol. The molecule has 0 aliphatic carbocycles. The third kappa shape index (κ3) is 5.54. The minimum atomic E-state index is -0.723. The molecule has 0 atom stereocenters. The minimum Gasteiger partial charge on any atom is -0.348 e. The van der Waals surface area contributed by atoms with Gasteiger partial charge in [0.05, 0.1) is 5.56 Å². The number of pyridine rings is 1. The topological polar surface area (TPSA) is 91.4 Å². The Balaban J connectivity index is 1.44. The molecule has 1 saturated heterocycles. The van der Waals surface area contributed by atoms with Crippen molar-refractivity contribution in [1.29, 1.82) is 0 Å². The summed E-state index contributed by atoms with van der Waals surface area (Å²) in [5, 5.41) is 5.75. The van der Waals surface area contributed by atoms with Gasteiger partial charge in [0.15, 0.2) is 0 Å². The second-order valence-corrected chi connectivity index (χ2v) is 7.54. The lowest BCUT2D eigenvalue weighted by molar-refractivity contribution is -0.136. The van der Waals surface area contributed by atoms with E-state index in [1.54, 1.807) is 47.6 Å². The number of rotatable bonds is 4. The van der Waals surface area contributed by atoms with Crippen LogP contribution < -0.4 is 10.6 Å². The minimum absolute atomic E-state index is 0.0307. The first-order chi connectivity index (χ1) is 13.9. The van der Waals surface area contributed by atoms with Gasteiger partial charge in [0.25, 0.3) is 5.91 Å². The third-order valence-corrected chi connectivity index (χ3v) is 5.25. The van der Waals surface area contributed by atoms with Crippen molar-refractivity contribution in [1.82, 2.24) is 15.2 Å². The molecule has 1 fully saturated rings. The standard InChI is InChI=1S/C21H23ClN4O3/c1-14-4-5-17(22)11-18(14)25-20(28)19(27)24-12-15-6-9-26(10-7-15)21(29)16-3-2-8-23-13-16/h2-5,8,11,13,15H,6-7,9-10,12H2,1H3,(H,24,27)(H,25,28). The number of anilines is 1. The van der Waals surface area contributed by atoms with Crippen LogP contribution in [0.3, 0.4) is 0 Å². The van der Waals surface area contributed by atoms with E-state index in [-0.39, 0.29) is 11.8 Å². The Kier molecular flexibility index (Phi) is 6.82. The van der Waals surface area contributed by atoms with Crippen LogP contribution in [-0.2, 0) is 9.59 Å². The monoisotopic (exact) mass is 414 g/mol. The maximum absolute atomic E-state index is 12.4. The fraction of sp³-hybridized carbons (Fsp3) is 0.333. The van der Waals surface area contributed by atoms with Crippen molar-refractivity contribution in [2.75, 3.05) is 25.0 Å². The normalized spacial score (nSPS) is 14.3. The summed E-state index contributed by atoms with van der Waals surface area (Å²) < 4.78 is 0. The van der Waals surface area contributed by atoms with Crippen LogP contribution >= 0.6 is 11.6 Å². The van der Waals surface area contributed by atoms with E-state index in [4.69, 9.17) is 11.6 Å². The number of nitrogens with zero attached hydrogens (tertiary/aromatic N) is 2. The van der Waals surface area contributed by atoms with Crippen LogP contribution in [0.1, 0.15) is 28.8 Å². The largest absolute Gasteiger partial charge is 0.348 e. The molecule has 7 nitrogen and oxygen atoms in total. The molecule has 2 aromatic rings. The lowest BCUT2D eigenvalue weighted by atomic mass is 9.96. The highest BCUT2D eigenvalue weighted by Gasteiger charge is 2.25. The second kappa shape index (κ2) is 9.52. The Morgan fingerprint density at radius 3 is 2.62 bits per heavy atom. The van der Waals surface area contributed by atoms with Gasteiger partial charge in [-0.05, 0) is 55.5 Å². The zero-order chi connectivity index (χ0) is 20.8. The number of likely N-dealkylation sites (tertiary alicyclic amines) is 1. The number of carbonyl (C=O) groups excluding carboxylic acids is 3. The Bertz CT molecular complexity index is 896. The summed E-state index contributed by atoms with van der Waals surface area (Å²) in [5.41, 5.74) is 1.91. The molecule has 3 amide bonds. The molecule has 0 unspecified atom stereocenters. The lowest BCUT2D eigenvalue weighted by Gasteiger charge is -2.32. The SMILES string of the molecule is Cc1ccc(Cl)cc1NC(=O)C(=O)NCC1CCN(C(=O)c2cccnc2)CC1. The van der Waals surface area contributed by atoms with Gasteiger partial charge in [-0.3, -0.25) is 19.4 Å². The van der Waals surface area contributed by atoms with Gasteiger partial charge in [-0.15, -0.1) is 0 Å². The van der Waals surface area contributed by atoms with Gasteiger partial charge in [-0.1, -0.05) is 17.7 Å². The molecule has 0 saturated carbocycles. The van der Waals surface area contributed by atoms with Crippen LogP contribution in [0.5, 0.6) is 0 Å². The van der Waals surface area contributed by atoms with Crippen molar-refractivity contribution in [2.24, 2.45) is 5.92 Å². The maximum Gasteiger partial charge on any atom is 0.313 e. The summed E-state index contributed by atoms with van der Waals surface area (Å²) in [6.07, 6.45) is 4.73. The van der Waals surface area contributed by atoms with Crippen LogP contribution in [0.4, 0.5) is 5.69 Å². The Morgan fingerprint density at radius 2 is 1.93 bits per heavy atom. The van der Waals surface area contributed by atoms with Crippen molar-refractivity contribution in [3.05, 3.63) is 58.9 Å². The maximum atomic E-state index is 12.4. The van der Waals surface area contributed by atoms with Crippen LogP contribution in [0, 0.1) is 12.8 Å². The number of nitrogens with one attached hydrogen (secondary N) is 2. The zero-order valence-corrected chi connectivity index (χ0v) is 16.9. The number of piperidine rings is 1. The summed E-state index contributed by atoms with van der Waals surface area (Å²) in [6.45, 7) is 3.45. The first kappa shape index (κ1) is 20.8. The van der Waals surface area contributed by atoms with Gasteiger partial charge in [0, 0.05) is 42.7 Å². The summed E-state index contributed by atoms with van der Waals surface area (Å²) in [6, 6.07) is 8.60. The van der Waals surface area contributed by atoms with E-state index >= 15 is 0 Å². The highest BCUT2D eigenvalue weighted by atomic mass is 35.5. The van der Waals surface area contributed by atoms with Gasteiger partial charge in [-0.25, -0.2) is 0 Å². The van der Waals surface area contributed by atoms with Gasteiger partial charge in [-0.2, -0.15) is 0 Å². The third-order valence-electron chi connectivity index (χ3n) is 5.02. The summed E-state index contributed by atoms with van der Waals surface area (Å²) in [7, 11) is 0. The van der Waals surface area contributed by atoms with Crippen molar-refractivity contribution >= 4 is 35.0 Å². The lowest BCUT2D eigenvalue weighted by Crippen LogP contribution is -2.43. The van der Waals surface area contributed by atoms with Gasteiger partial charge >= 0.3 is 11.8 Å². The molecular formula is C21H23ClN4O3. The Morgan fingerprint density at radius 1 is 1.17 bits per heavy atom. The fourth-order valence-corrected chi connectivity index (χ4v) is 3.41.